The molecule has 106 valence electrons. The topological polar surface area (TPSA) is 12.0 Å². The maximum Gasteiger partial charge on any atom is 0.416 e. The molecule has 4 heteroatoms. The predicted octanol–water partition coefficient (Wildman–Crippen LogP) is 4.54. The maximum atomic E-state index is 13.0. The van der Waals surface area contributed by atoms with Crippen LogP contribution in [-0.2, 0) is 6.18 Å². The molecule has 1 fully saturated rings. The Kier molecular flexibility index (Phi) is 4.19. The van der Waals surface area contributed by atoms with Gasteiger partial charge in [-0.25, -0.2) is 0 Å². The standard InChI is InChI=1S/C15H20F3N/c1-10(12-6-5-7-12)19-11(2)13-8-3-4-9-14(13)15(16,17)18/h3-4,8-12,19H,5-7H2,1-2H3. The van der Waals surface area contributed by atoms with E-state index in [4.69, 9.17) is 0 Å². The molecule has 1 aromatic rings. The molecule has 2 rings (SSSR count). The molecule has 0 amide bonds. The number of hydrogen-bond donors (Lipinski definition) is 1. The normalized spacial score (nSPS) is 19.8. The number of hydrogen-bond acceptors (Lipinski definition) is 1. The fraction of sp³-hybridized carbons (Fsp3) is 0.600. The van der Waals surface area contributed by atoms with Crippen molar-refractivity contribution in [1.82, 2.24) is 5.32 Å². The number of rotatable bonds is 4. The lowest BCUT2D eigenvalue weighted by atomic mass is 9.80. The van der Waals surface area contributed by atoms with Gasteiger partial charge in [0.1, 0.15) is 0 Å². The van der Waals surface area contributed by atoms with E-state index < -0.39 is 11.7 Å². The Hall–Kier alpha value is -1.03. The Morgan fingerprint density at radius 2 is 1.79 bits per heavy atom. The number of alkyl halides is 3. The summed E-state index contributed by atoms with van der Waals surface area (Å²) in [5.41, 5.74) is -0.197. The zero-order chi connectivity index (χ0) is 14.0. The average Bonchev–Trinajstić information content (AvgIpc) is 2.25. The van der Waals surface area contributed by atoms with Crippen molar-refractivity contribution in [2.45, 2.75) is 51.4 Å². The second kappa shape index (κ2) is 5.53. The van der Waals surface area contributed by atoms with Crippen LogP contribution in [0.3, 0.4) is 0 Å². The molecule has 1 saturated carbocycles. The van der Waals surface area contributed by atoms with E-state index in [0.29, 0.717) is 11.5 Å². The minimum absolute atomic E-state index is 0.269. The minimum atomic E-state index is -4.29. The highest BCUT2D eigenvalue weighted by Gasteiger charge is 2.34. The number of benzene rings is 1. The Bertz CT molecular complexity index is 424. The van der Waals surface area contributed by atoms with Crippen LogP contribution in [0.25, 0.3) is 0 Å². The molecular formula is C15H20F3N. The quantitative estimate of drug-likeness (QED) is 0.847. The number of halogens is 3. The third-order valence-corrected chi connectivity index (χ3v) is 4.10. The molecule has 0 heterocycles. The first-order valence-corrected chi connectivity index (χ1v) is 6.81. The number of nitrogens with one attached hydrogen (secondary N) is 1. The third kappa shape index (κ3) is 3.30. The van der Waals surface area contributed by atoms with Crippen LogP contribution in [0.4, 0.5) is 13.2 Å². The molecule has 1 aliphatic rings. The first kappa shape index (κ1) is 14.4. The van der Waals surface area contributed by atoms with E-state index in [1.54, 1.807) is 19.1 Å². The molecular weight excluding hydrogens is 251 g/mol. The SMILES string of the molecule is CC(NC(C)C1CCC1)c1ccccc1C(F)(F)F. The summed E-state index contributed by atoms with van der Waals surface area (Å²) in [5, 5.41) is 3.31. The second-order valence-corrected chi connectivity index (χ2v) is 5.45. The zero-order valence-corrected chi connectivity index (χ0v) is 11.3. The van der Waals surface area contributed by atoms with Crippen molar-refractivity contribution in [2.75, 3.05) is 0 Å². The van der Waals surface area contributed by atoms with Crippen molar-refractivity contribution in [3.63, 3.8) is 0 Å². The highest BCUT2D eigenvalue weighted by Crippen LogP contribution is 2.35. The molecule has 0 bridgehead atoms. The second-order valence-electron chi connectivity index (χ2n) is 5.45. The molecule has 1 N–H and O–H groups in total. The molecule has 0 aromatic heterocycles. The first-order valence-electron chi connectivity index (χ1n) is 6.81. The summed E-state index contributed by atoms with van der Waals surface area (Å²) in [6, 6.07) is 5.80. The van der Waals surface area contributed by atoms with Crippen molar-refractivity contribution in [2.24, 2.45) is 5.92 Å². The van der Waals surface area contributed by atoms with Crippen molar-refractivity contribution < 1.29 is 13.2 Å². The molecule has 2 atom stereocenters. The van der Waals surface area contributed by atoms with E-state index in [9.17, 15) is 13.2 Å². The molecule has 2 unspecified atom stereocenters. The third-order valence-electron chi connectivity index (χ3n) is 4.10. The van der Waals surface area contributed by atoms with Crippen molar-refractivity contribution in [1.29, 1.82) is 0 Å². The first-order chi connectivity index (χ1) is 8.89. The van der Waals surface area contributed by atoms with Gasteiger partial charge in [0.15, 0.2) is 0 Å². The van der Waals surface area contributed by atoms with Crippen molar-refractivity contribution >= 4 is 0 Å². The summed E-state index contributed by atoms with van der Waals surface area (Å²) in [5.74, 6) is 0.612. The van der Waals surface area contributed by atoms with Crippen LogP contribution in [0, 0.1) is 5.92 Å². The van der Waals surface area contributed by atoms with Crippen LogP contribution in [0.1, 0.15) is 50.3 Å². The van der Waals surface area contributed by atoms with E-state index in [1.807, 2.05) is 0 Å². The molecule has 1 aromatic carbocycles. The van der Waals surface area contributed by atoms with E-state index >= 15 is 0 Å². The van der Waals surface area contributed by atoms with Gasteiger partial charge in [-0.1, -0.05) is 24.6 Å². The Balaban J connectivity index is 2.12. The summed E-state index contributed by atoms with van der Waals surface area (Å²) < 4.78 is 38.9. The van der Waals surface area contributed by atoms with Gasteiger partial charge in [-0.2, -0.15) is 13.2 Å². The Morgan fingerprint density at radius 1 is 1.16 bits per heavy atom. The summed E-state index contributed by atoms with van der Waals surface area (Å²) in [6.45, 7) is 3.87. The summed E-state index contributed by atoms with van der Waals surface area (Å²) in [4.78, 5) is 0. The lowest BCUT2D eigenvalue weighted by Crippen LogP contribution is -2.38. The van der Waals surface area contributed by atoms with E-state index in [0.717, 1.165) is 6.07 Å². The lowest BCUT2D eigenvalue weighted by Gasteiger charge is -2.34. The molecule has 0 spiro atoms. The van der Waals surface area contributed by atoms with Crippen LogP contribution < -0.4 is 5.32 Å². The maximum absolute atomic E-state index is 13.0. The Morgan fingerprint density at radius 3 is 2.32 bits per heavy atom. The van der Waals surface area contributed by atoms with Gasteiger partial charge in [0.2, 0.25) is 0 Å². The fourth-order valence-corrected chi connectivity index (χ4v) is 2.69. The molecule has 0 saturated heterocycles. The van der Waals surface area contributed by atoms with Gasteiger partial charge in [0.05, 0.1) is 5.56 Å². The monoisotopic (exact) mass is 271 g/mol. The van der Waals surface area contributed by atoms with E-state index in [1.165, 1.54) is 25.3 Å². The summed E-state index contributed by atoms with van der Waals surface area (Å²) in [6.07, 6.45) is -0.681. The van der Waals surface area contributed by atoms with Gasteiger partial charge < -0.3 is 5.32 Å². The average molecular weight is 271 g/mol. The predicted molar refractivity (Wildman–Crippen MR) is 69.8 cm³/mol. The summed E-state index contributed by atoms with van der Waals surface area (Å²) in [7, 11) is 0. The minimum Gasteiger partial charge on any atom is -0.307 e. The lowest BCUT2D eigenvalue weighted by molar-refractivity contribution is -0.138. The van der Waals surface area contributed by atoms with Crippen molar-refractivity contribution in [3.8, 4) is 0 Å². The smallest absolute Gasteiger partial charge is 0.307 e. The summed E-state index contributed by atoms with van der Waals surface area (Å²) >= 11 is 0. The highest BCUT2D eigenvalue weighted by atomic mass is 19.4. The molecule has 0 aliphatic heterocycles. The Labute approximate surface area is 112 Å². The molecule has 19 heavy (non-hydrogen) atoms. The van der Waals surface area contributed by atoms with Gasteiger partial charge in [0.25, 0.3) is 0 Å². The van der Waals surface area contributed by atoms with E-state index in [2.05, 4.69) is 12.2 Å². The van der Waals surface area contributed by atoms with Gasteiger partial charge in [0, 0.05) is 12.1 Å². The molecule has 1 aliphatic carbocycles. The van der Waals surface area contributed by atoms with Gasteiger partial charge >= 0.3 is 6.18 Å². The van der Waals surface area contributed by atoms with Gasteiger partial charge in [-0.05, 0) is 44.2 Å². The van der Waals surface area contributed by atoms with Crippen LogP contribution in [0.2, 0.25) is 0 Å². The molecule has 1 nitrogen and oxygen atoms in total. The van der Waals surface area contributed by atoms with E-state index in [-0.39, 0.29) is 12.1 Å². The van der Waals surface area contributed by atoms with Gasteiger partial charge in [-0.15, -0.1) is 0 Å². The highest BCUT2D eigenvalue weighted by molar-refractivity contribution is 5.32. The van der Waals surface area contributed by atoms with Crippen molar-refractivity contribution in [3.05, 3.63) is 35.4 Å². The largest absolute Gasteiger partial charge is 0.416 e. The molecule has 0 radical (unpaired) electrons. The van der Waals surface area contributed by atoms with Crippen LogP contribution >= 0.6 is 0 Å². The zero-order valence-electron chi connectivity index (χ0n) is 11.3. The van der Waals surface area contributed by atoms with Crippen LogP contribution in [0.5, 0.6) is 0 Å². The van der Waals surface area contributed by atoms with Gasteiger partial charge in [-0.3, -0.25) is 0 Å². The fourth-order valence-electron chi connectivity index (χ4n) is 2.69. The van der Waals surface area contributed by atoms with Crippen LogP contribution in [0.15, 0.2) is 24.3 Å². The van der Waals surface area contributed by atoms with Crippen LogP contribution in [-0.4, -0.2) is 6.04 Å².